The van der Waals surface area contributed by atoms with Crippen LogP contribution in [0.15, 0.2) is 6.07 Å². The van der Waals surface area contributed by atoms with Gasteiger partial charge in [0.05, 0.1) is 6.61 Å². The highest BCUT2D eigenvalue weighted by Gasteiger charge is 2.11. The van der Waals surface area contributed by atoms with Crippen LogP contribution in [0.5, 0.6) is 5.88 Å². The first kappa shape index (κ1) is 9.53. The van der Waals surface area contributed by atoms with E-state index in [-0.39, 0.29) is 5.91 Å². The van der Waals surface area contributed by atoms with Crippen LogP contribution in [-0.2, 0) is 7.05 Å². The number of hydrazine groups is 1. The third kappa shape index (κ3) is 1.97. The number of carbonyl (C=O) groups is 1. The first-order chi connectivity index (χ1) is 6.19. The van der Waals surface area contributed by atoms with E-state index in [0.717, 1.165) is 0 Å². The van der Waals surface area contributed by atoms with Crippen molar-refractivity contribution in [1.82, 2.24) is 15.2 Å². The molecular formula is C7H12N4O2. The van der Waals surface area contributed by atoms with E-state index in [1.807, 2.05) is 12.3 Å². The third-order valence-corrected chi connectivity index (χ3v) is 1.51. The molecule has 0 aliphatic heterocycles. The molecule has 1 rings (SSSR count). The van der Waals surface area contributed by atoms with Crippen molar-refractivity contribution in [3.8, 4) is 5.88 Å². The zero-order valence-corrected chi connectivity index (χ0v) is 7.57. The largest absolute Gasteiger partial charge is 0.477 e. The van der Waals surface area contributed by atoms with Crippen molar-refractivity contribution >= 4 is 5.91 Å². The van der Waals surface area contributed by atoms with Crippen LogP contribution in [0.1, 0.15) is 17.4 Å². The van der Waals surface area contributed by atoms with Crippen LogP contribution in [0.2, 0.25) is 0 Å². The summed E-state index contributed by atoms with van der Waals surface area (Å²) in [5, 5.41) is 3.95. The summed E-state index contributed by atoms with van der Waals surface area (Å²) in [6, 6.07) is 1.53. The van der Waals surface area contributed by atoms with Gasteiger partial charge in [-0.05, 0) is 6.92 Å². The Kier molecular flexibility index (Phi) is 2.86. The molecule has 0 atom stereocenters. The van der Waals surface area contributed by atoms with E-state index in [0.29, 0.717) is 18.2 Å². The van der Waals surface area contributed by atoms with E-state index < -0.39 is 0 Å². The van der Waals surface area contributed by atoms with Gasteiger partial charge >= 0.3 is 0 Å². The van der Waals surface area contributed by atoms with Gasteiger partial charge in [0.15, 0.2) is 0 Å². The standard InChI is InChI=1S/C7H12N4O2/c1-3-13-6-4-5(7(12)9-8)11(2)10-6/h4H,3,8H2,1-2H3,(H,9,12). The number of hydrogen-bond acceptors (Lipinski definition) is 4. The lowest BCUT2D eigenvalue weighted by Crippen LogP contribution is -2.31. The second kappa shape index (κ2) is 3.90. The average Bonchev–Trinajstić information content (AvgIpc) is 2.46. The van der Waals surface area contributed by atoms with Crippen molar-refractivity contribution in [1.29, 1.82) is 0 Å². The molecule has 1 heterocycles. The van der Waals surface area contributed by atoms with Crippen molar-refractivity contribution in [2.24, 2.45) is 12.9 Å². The molecule has 0 bridgehead atoms. The summed E-state index contributed by atoms with van der Waals surface area (Å²) in [4.78, 5) is 11.1. The van der Waals surface area contributed by atoms with Gasteiger partial charge in [0, 0.05) is 13.1 Å². The van der Waals surface area contributed by atoms with Gasteiger partial charge < -0.3 is 4.74 Å². The minimum Gasteiger partial charge on any atom is -0.477 e. The highest BCUT2D eigenvalue weighted by Crippen LogP contribution is 2.10. The minimum absolute atomic E-state index is 0.367. The molecule has 72 valence electrons. The highest BCUT2D eigenvalue weighted by atomic mass is 16.5. The summed E-state index contributed by atoms with van der Waals surface area (Å²) in [6.07, 6.45) is 0. The van der Waals surface area contributed by atoms with Gasteiger partial charge in [0.2, 0.25) is 5.88 Å². The monoisotopic (exact) mass is 184 g/mol. The van der Waals surface area contributed by atoms with E-state index in [1.165, 1.54) is 10.7 Å². The van der Waals surface area contributed by atoms with Crippen LogP contribution >= 0.6 is 0 Å². The molecule has 13 heavy (non-hydrogen) atoms. The Morgan fingerprint density at radius 2 is 2.54 bits per heavy atom. The number of rotatable bonds is 3. The molecule has 0 saturated carbocycles. The lowest BCUT2D eigenvalue weighted by Gasteiger charge is -1.96. The van der Waals surface area contributed by atoms with Crippen LogP contribution in [0.25, 0.3) is 0 Å². The molecule has 0 aromatic carbocycles. The number of nitrogens with one attached hydrogen (secondary N) is 1. The lowest BCUT2D eigenvalue weighted by atomic mass is 10.4. The number of hydrogen-bond donors (Lipinski definition) is 2. The van der Waals surface area contributed by atoms with E-state index in [4.69, 9.17) is 10.6 Å². The van der Waals surface area contributed by atoms with Gasteiger partial charge in [-0.2, -0.15) is 0 Å². The van der Waals surface area contributed by atoms with Crippen molar-refractivity contribution < 1.29 is 9.53 Å². The van der Waals surface area contributed by atoms with Crippen LogP contribution in [-0.4, -0.2) is 22.3 Å². The highest BCUT2D eigenvalue weighted by molar-refractivity contribution is 5.92. The second-order valence-corrected chi connectivity index (χ2v) is 2.40. The number of aromatic nitrogens is 2. The van der Waals surface area contributed by atoms with Crippen molar-refractivity contribution in [3.05, 3.63) is 11.8 Å². The van der Waals surface area contributed by atoms with Crippen LogP contribution in [0.3, 0.4) is 0 Å². The van der Waals surface area contributed by atoms with E-state index >= 15 is 0 Å². The number of amides is 1. The SMILES string of the molecule is CCOc1cc(C(=O)NN)n(C)n1. The Morgan fingerprint density at radius 1 is 1.85 bits per heavy atom. The molecule has 1 amide bonds. The summed E-state index contributed by atoms with van der Waals surface area (Å²) in [5.74, 6) is 5.01. The molecule has 0 unspecified atom stereocenters. The predicted octanol–water partition coefficient (Wildman–Crippen LogP) is -0.578. The molecule has 0 aliphatic carbocycles. The van der Waals surface area contributed by atoms with Gasteiger partial charge in [0.25, 0.3) is 5.91 Å². The molecule has 6 heteroatoms. The zero-order valence-electron chi connectivity index (χ0n) is 7.57. The van der Waals surface area contributed by atoms with Crippen LogP contribution < -0.4 is 16.0 Å². The zero-order chi connectivity index (χ0) is 9.84. The smallest absolute Gasteiger partial charge is 0.283 e. The van der Waals surface area contributed by atoms with Crippen LogP contribution in [0.4, 0.5) is 0 Å². The maximum atomic E-state index is 11.1. The Bertz CT molecular complexity index is 307. The fraction of sp³-hybridized carbons (Fsp3) is 0.429. The summed E-state index contributed by atoms with van der Waals surface area (Å²) in [6.45, 7) is 2.36. The Balaban J connectivity index is 2.89. The topological polar surface area (TPSA) is 82.2 Å². The molecule has 6 nitrogen and oxygen atoms in total. The van der Waals surface area contributed by atoms with Gasteiger partial charge in [-0.1, -0.05) is 0 Å². The second-order valence-electron chi connectivity index (χ2n) is 2.40. The molecule has 0 spiro atoms. The fourth-order valence-corrected chi connectivity index (χ4v) is 0.946. The number of nitrogen functional groups attached to an aromatic ring is 1. The quantitative estimate of drug-likeness (QED) is 0.374. The fourth-order valence-electron chi connectivity index (χ4n) is 0.946. The predicted molar refractivity (Wildman–Crippen MR) is 46.0 cm³/mol. The first-order valence-electron chi connectivity index (χ1n) is 3.86. The number of ether oxygens (including phenoxy) is 1. The number of aryl methyl sites for hydroxylation is 1. The summed E-state index contributed by atoms with van der Waals surface area (Å²) in [5.41, 5.74) is 2.39. The van der Waals surface area contributed by atoms with Crippen molar-refractivity contribution in [3.63, 3.8) is 0 Å². The number of nitrogens with two attached hydrogens (primary N) is 1. The lowest BCUT2D eigenvalue weighted by molar-refractivity contribution is 0.0944. The van der Waals surface area contributed by atoms with Crippen molar-refractivity contribution in [2.75, 3.05) is 6.61 Å². The molecule has 3 N–H and O–H groups in total. The minimum atomic E-state index is -0.388. The van der Waals surface area contributed by atoms with E-state index in [2.05, 4.69) is 5.10 Å². The Hall–Kier alpha value is -1.56. The van der Waals surface area contributed by atoms with Crippen molar-refractivity contribution in [2.45, 2.75) is 6.92 Å². The normalized spacial score (nSPS) is 9.77. The third-order valence-electron chi connectivity index (χ3n) is 1.51. The molecule has 1 aromatic heterocycles. The number of nitrogens with zero attached hydrogens (tertiary/aromatic N) is 2. The Morgan fingerprint density at radius 3 is 3.08 bits per heavy atom. The molecule has 1 aromatic rings. The average molecular weight is 184 g/mol. The summed E-state index contributed by atoms with van der Waals surface area (Å²) >= 11 is 0. The first-order valence-corrected chi connectivity index (χ1v) is 3.86. The van der Waals surface area contributed by atoms with Gasteiger partial charge in [-0.25, -0.2) is 5.84 Å². The molecule has 0 aliphatic rings. The number of carbonyl (C=O) groups excluding carboxylic acids is 1. The van der Waals surface area contributed by atoms with Gasteiger partial charge in [-0.15, -0.1) is 5.10 Å². The van der Waals surface area contributed by atoms with Gasteiger partial charge in [0.1, 0.15) is 5.69 Å². The van der Waals surface area contributed by atoms with E-state index in [1.54, 1.807) is 7.05 Å². The van der Waals surface area contributed by atoms with Gasteiger partial charge in [-0.3, -0.25) is 14.9 Å². The maximum Gasteiger partial charge on any atom is 0.283 e. The summed E-state index contributed by atoms with van der Waals surface area (Å²) < 4.78 is 6.52. The summed E-state index contributed by atoms with van der Waals surface area (Å²) in [7, 11) is 1.65. The molecule has 0 radical (unpaired) electrons. The van der Waals surface area contributed by atoms with E-state index in [9.17, 15) is 4.79 Å². The molecule has 0 saturated heterocycles. The molecule has 0 fully saturated rings. The van der Waals surface area contributed by atoms with Crippen LogP contribution in [0, 0.1) is 0 Å². The Labute approximate surface area is 75.6 Å². The molecular weight excluding hydrogens is 172 g/mol. The maximum absolute atomic E-state index is 11.1.